The maximum atomic E-state index is 13.0. The summed E-state index contributed by atoms with van der Waals surface area (Å²) in [6, 6.07) is 0.624. The Hall–Kier alpha value is -0.650. The highest BCUT2D eigenvalue weighted by atomic mass is 16.2. The van der Waals surface area contributed by atoms with Crippen LogP contribution in [-0.4, -0.2) is 54.1 Å². The van der Waals surface area contributed by atoms with E-state index in [0.717, 1.165) is 63.7 Å². The number of unbranched alkanes of at least 4 members (excludes halogenated alkanes) is 1. The van der Waals surface area contributed by atoms with Gasteiger partial charge in [-0.2, -0.15) is 0 Å². The molecule has 5 nitrogen and oxygen atoms in total. The van der Waals surface area contributed by atoms with E-state index in [9.17, 15) is 4.79 Å². The van der Waals surface area contributed by atoms with E-state index < -0.39 is 0 Å². The van der Waals surface area contributed by atoms with Crippen LogP contribution in [-0.2, 0) is 4.79 Å². The minimum absolute atomic E-state index is 0.184. The van der Waals surface area contributed by atoms with Gasteiger partial charge in [0.25, 0.3) is 0 Å². The number of carbonyl (C=O) groups excluding carboxylic acids is 1. The number of nitrogens with one attached hydrogen (secondary N) is 2. The maximum Gasteiger partial charge on any atom is 0.226 e. The largest absolute Gasteiger partial charge is 0.343 e. The molecule has 5 unspecified atom stereocenters. The fourth-order valence-corrected chi connectivity index (χ4v) is 5.75. The normalized spacial score (nSPS) is 34.9. The number of hydrogen-bond acceptors (Lipinski definition) is 4. The lowest BCUT2D eigenvalue weighted by Gasteiger charge is -2.45. The van der Waals surface area contributed by atoms with E-state index >= 15 is 0 Å². The van der Waals surface area contributed by atoms with Crippen LogP contribution in [0, 0.1) is 17.8 Å². The molecule has 1 amide bonds. The van der Waals surface area contributed by atoms with Crippen LogP contribution in [0.3, 0.4) is 0 Å². The van der Waals surface area contributed by atoms with Crippen LogP contribution >= 0.6 is 0 Å². The van der Waals surface area contributed by atoms with Crippen molar-refractivity contribution in [3.8, 4) is 0 Å². The SMILES string of the molecule is CCCCN(CC)C(=O)C1CCCN(C2CCC(C3CCCCC3C)NN2)C1. The summed E-state index contributed by atoms with van der Waals surface area (Å²) in [5.74, 6) is 2.25. The molecule has 0 aromatic rings. The first-order chi connectivity index (χ1) is 13.6. The minimum Gasteiger partial charge on any atom is -0.343 e. The summed E-state index contributed by atoms with van der Waals surface area (Å²) in [5.41, 5.74) is 7.33. The van der Waals surface area contributed by atoms with Gasteiger partial charge in [-0.05, 0) is 63.8 Å². The smallest absolute Gasteiger partial charge is 0.226 e. The molecule has 2 aliphatic heterocycles. The number of hydrazine groups is 1. The fourth-order valence-electron chi connectivity index (χ4n) is 5.75. The van der Waals surface area contributed by atoms with Crippen molar-refractivity contribution in [2.24, 2.45) is 17.8 Å². The van der Waals surface area contributed by atoms with E-state index in [4.69, 9.17) is 0 Å². The molecule has 3 fully saturated rings. The molecule has 28 heavy (non-hydrogen) atoms. The standard InChI is InChI=1S/C23H44N4O/c1-4-6-15-26(5-2)23(28)19-11-9-16-27(17-19)22-14-13-21(24-25-22)20-12-8-7-10-18(20)3/h18-22,24-25H,4-17H2,1-3H3. The molecule has 162 valence electrons. The zero-order valence-electron chi connectivity index (χ0n) is 18.6. The lowest BCUT2D eigenvalue weighted by atomic mass is 9.75. The molecule has 3 aliphatic rings. The molecule has 1 aliphatic carbocycles. The van der Waals surface area contributed by atoms with Crippen molar-refractivity contribution in [2.45, 2.75) is 97.2 Å². The summed E-state index contributed by atoms with van der Waals surface area (Å²) < 4.78 is 0. The van der Waals surface area contributed by atoms with Crippen LogP contribution in [0.15, 0.2) is 0 Å². The number of nitrogens with zero attached hydrogens (tertiary/aromatic N) is 2. The lowest BCUT2D eigenvalue weighted by Crippen LogP contribution is -2.62. The van der Waals surface area contributed by atoms with Gasteiger partial charge in [-0.15, -0.1) is 0 Å². The molecule has 5 atom stereocenters. The minimum atomic E-state index is 0.184. The Balaban J connectivity index is 1.49. The molecule has 1 saturated carbocycles. The quantitative estimate of drug-likeness (QED) is 0.693. The predicted octanol–water partition coefficient (Wildman–Crippen LogP) is 3.76. The Bertz CT molecular complexity index is 477. The number of carbonyl (C=O) groups is 1. The number of piperidine rings is 1. The lowest BCUT2D eigenvalue weighted by molar-refractivity contribution is -0.138. The third kappa shape index (κ3) is 5.48. The van der Waals surface area contributed by atoms with Crippen LogP contribution in [0.4, 0.5) is 0 Å². The topological polar surface area (TPSA) is 47.6 Å². The average Bonchev–Trinajstić information content (AvgIpc) is 2.75. The van der Waals surface area contributed by atoms with Gasteiger partial charge in [0, 0.05) is 25.7 Å². The average molecular weight is 393 g/mol. The molecular weight excluding hydrogens is 348 g/mol. The van der Waals surface area contributed by atoms with Crippen LogP contribution in [0.2, 0.25) is 0 Å². The molecule has 2 saturated heterocycles. The van der Waals surface area contributed by atoms with E-state index in [1.54, 1.807) is 0 Å². The molecule has 0 bridgehead atoms. The highest BCUT2D eigenvalue weighted by Crippen LogP contribution is 2.34. The number of rotatable bonds is 7. The zero-order valence-corrected chi connectivity index (χ0v) is 18.6. The van der Waals surface area contributed by atoms with Gasteiger partial charge >= 0.3 is 0 Å². The second-order valence-electron chi connectivity index (χ2n) is 9.52. The van der Waals surface area contributed by atoms with Crippen molar-refractivity contribution in [1.29, 1.82) is 0 Å². The van der Waals surface area contributed by atoms with Gasteiger partial charge in [-0.3, -0.25) is 15.1 Å². The zero-order chi connectivity index (χ0) is 19.9. The number of hydrogen-bond donors (Lipinski definition) is 2. The van der Waals surface area contributed by atoms with Crippen LogP contribution in [0.25, 0.3) is 0 Å². The third-order valence-corrected chi connectivity index (χ3v) is 7.60. The number of likely N-dealkylation sites (tertiary alicyclic amines) is 1. The summed E-state index contributed by atoms with van der Waals surface area (Å²) >= 11 is 0. The van der Waals surface area contributed by atoms with Crippen molar-refractivity contribution in [3.63, 3.8) is 0 Å². The molecule has 0 spiro atoms. The van der Waals surface area contributed by atoms with Crippen molar-refractivity contribution >= 4 is 5.91 Å². The molecule has 0 aromatic heterocycles. The molecule has 3 rings (SSSR count). The van der Waals surface area contributed by atoms with Crippen molar-refractivity contribution < 1.29 is 4.79 Å². The summed E-state index contributed by atoms with van der Waals surface area (Å²) in [7, 11) is 0. The molecule has 0 radical (unpaired) electrons. The summed E-state index contributed by atoms with van der Waals surface area (Å²) in [5, 5.41) is 0. The van der Waals surface area contributed by atoms with Crippen molar-refractivity contribution in [1.82, 2.24) is 20.7 Å². The van der Waals surface area contributed by atoms with Gasteiger partial charge in [0.1, 0.15) is 0 Å². The van der Waals surface area contributed by atoms with E-state index in [-0.39, 0.29) is 5.92 Å². The van der Waals surface area contributed by atoms with Crippen molar-refractivity contribution in [3.05, 3.63) is 0 Å². The monoisotopic (exact) mass is 392 g/mol. The predicted molar refractivity (Wildman–Crippen MR) is 116 cm³/mol. The van der Waals surface area contributed by atoms with Crippen LogP contribution < -0.4 is 10.9 Å². The summed E-state index contributed by atoms with van der Waals surface area (Å²) in [6.45, 7) is 10.6. The van der Waals surface area contributed by atoms with Crippen LogP contribution in [0.5, 0.6) is 0 Å². The molecular formula is C23H44N4O. The number of amides is 1. The third-order valence-electron chi connectivity index (χ3n) is 7.60. The van der Waals surface area contributed by atoms with Gasteiger partial charge in [-0.25, -0.2) is 5.43 Å². The van der Waals surface area contributed by atoms with Gasteiger partial charge < -0.3 is 4.90 Å². The van der Waals surface area contributed by atoms with E-state index in [1.165, 1.54) is 38.5 Å². The first-order valence-electron chi connectivity index (χ1n) is 12.2. The molecule has 2 heterocycles. The molecule has 5 heteroatoms. The Morgan fingerprint density at radius 1 is 1.04 bits per heavy atom. The Kier molecular flexibility index (Phi) is 8.61. The van der Waals surface area contributed by atoms with E-state index in [2.05, 4.69) is 41.4 Å². The first kappa shape index (κ1) is 22.0. The van der Waals surface area contributed by atoms with Gasteiger partial charge in [0.15, 0.2) is 0 Å². The first-order valence-corrected chi connectivity index (χ1v) is 12.2. The van der Waals surface area contributed by atoms with Gasteiger partial charge in [-0.1, -0.05) is 39.5 Å². The van der Waals surface area contributed by atoms with Crippen LogP contribution in [0.1, 0.15) is 85.0 Å². The summed E-state index contributed by atoms with van der Waals surface area (Å²) in [4.78, 5) is 17.6. The van der Waals surface area contributed by atoms with Gasteiger partial charge in [0.05, 0.1) is 12.1 Å². The van der Waals surface area contributed by atoms with E-state index in [1.807, 2.05) is 0 Å². The highest BCUT2D eigenvalue weighted by Gasteiger charge is 2.36. The Labute approximate surface area is 173 Å². The molecule has 2 N–H and O–H groups in total. The van der Waals surface area contributed by atoms with Crippen molar-refractivity contribution in [2.75, 3.05) is 26.2 Å². The highest BCUT2D eigenvalue weighted by molar-refractivity contribution is 5.79. The van der Waals surface area contributed by atoms with E-state index in [0.29, 0.717) is 18.1 Å². The molecule has 0 aromatic carbocycles. The maximum absolute atomic E-state index is 13.0. The Morgan fingerprint density at radius 2 is 1.86 bits per heavy atom. The Morgan fingerprint density at radius 3 is 2.54 bits per heavy atom. The fraction of sp³-hybridized carbons (Fsp3) is 0.957. The second-order valence-corrected chi connectivity index (χ2v) is 9.52. The summed E-state index contributed by atoms with van der Waals surface area (Å²) in [6.07, 6.45) is 12.9. The second kappa shape index (κ2) is 10.9. The van der Waals surface area contributed by atoms with Gasteiger partial charge in [0.2, 0.25) is 5.91 Å².